The Morgan fingerprint density at radius 3 is 3.06 bits per heavy atom. The Labute approximate surface area is 96.9 Å². The van der Waals surface area contributed by atoms with Crippen molar-refractivity contribution in [1.82, 2.24) is 9.55 Å². The van der Waals surface area contributed by atoms with Crippen LogP contribution in [-0.4, -0.2) is 15.8 Å². The van der Waals surface area contributed by atoms with Crippen molar-refractivity contribution in [2.75, 3.05) is 0 Å². The first kappa shape index (κ1) is 11.0. The maximum absolute atomic E-state index is 13.1. The standard InChI is InChI=1S/C12H8FN3O/c13-11-2-1-9(5-10(11)6-14)7-16-4-3-15-12(16)8-17/h1-5,8H,7H2. The highest BCUT2D eigenvalue weighted by atomic mass is 19.1. The second-order valence-electron chi connectivity index (χ2n) is 3.46. The molecule has 2 aromatic rings. The van der Waals surface area contributed by atoms with E-state index >= 15 is 0 Å². The van der Waals surface area contributed by atoms with Crippen LogP contribution in [0.5, 0.6) is 0 Å². The number of nitriles is 1. The number of hydrogen-bond acceptors (Lipinski definition) is 3. The second-order valence-corrected chi connectivity index (χ2v) is 3.46. The van der Waals surface area contributed by atoms with Gasteiger partial charge in [0.05, 0.1) is 5.56 Å². The van der Waals surface area contributed by atoms with Gasteiger partial charge in [-0.05, 0) is 17.7 Å². The summed E-state index contributed by atoms with van der Waals surface area (Å²) < 4.78 is 14.7. The smallest absolute Gasteiger partial charge is 0.185 e. The van der Waals surface area contributed by atoms with Gasteiger partial charge in [-0.2, -0.15) is 5.26 Å². The average Bonchev–Trinajstić information content (AvgIpc) is 2.79. The van der Waals surface area contributed by atoms with E-state index in [1.807, 2.05) is 0 Å². The first-order chi connectivity index (χ1) is 8.24. The topological polar surface area (TPSA) is 58.7 Å². The zero-order valence-corrected chi connectivity index (χ0v) is 8.80. The number of imidazole rings is 1. The van der Waals surface area contributed by atoms with Crippen LogP contribution in [0, 0.1) is 17.1 Å². The SMILES string of the molecule is N#Cc1cc(Cn2ccnc2C=O)ccc1F. The summed E-state index contributed by atoms with van der Waals surface area (Å²) in [7, 11) is 0. The number of aromatic nitrogens is 2. The molecule has 0 unspecified atom stereocenters. The highest BCUT2D eigenvalue weighted by molar-refractivity contribution is 5.69. The normalized spacial score (nSPS) is 9.88. The molecule has 0 saturated carbocycles. The van der Waals surface area contributed by atoms with Crippen LogP contribution >= 0.6 is 0 Å². The van der Waals surface area contributed by atoms with Crippen molar-refractivity contribution in [2.45, 2.75) is 6.54 Å². The number of nitrogens with zero attached hydrogens (tertiary/aromatic N) is 3. The number of aldehydes is 1. The van der Waals surface area contributed by atoms with E-state index in [0.717, 1.165) is 5.56 Å². The Hall–Kier alpha value is -2.48. The molecular formula is C12H8FN3O. The summed E-state index contributed by atoms with van der Waals surface area (Å²) in [4.78, 5) is 14.5. The summed E-state index contributed by atoms with van der Waals surface area (Å²) in [5.74, 6) is -0.245. The van der Waals surface area contributed by atoms with Gasteiger partial charge in [0.2, 0.25) is 0 Å². The predicted molar refractivity (Wildman–Crippen MR) is 57.8 cm³/mol. The van der Waals surface area contributed by atoms with Gasteiger partial charge < -0.3 is 4.57 Å². The van der Waals surface area contributed by atoms with Crippen LogP contribution in [0.3, 0.4) is 0 Å². The van der Waals surface area contributed by atoms with Crippen LogP contribution in [0.15, 0.2) is 30.6 Å². The van der Waals surface area contributed by atoms with Gasteiger partial charge in [-0.3, -0.25) is 4.79 Å². The van der Waals surface area contributed by atoms with E-state index in [1.54, 1.807) is 22.9 Å². The minimum Gasteiger partial charge on any atom is -0.324 e. The quantitative estimate of drug-likeness (QED) is 0.753. The van der Waals surface area contributed by atoms with Crippen molar-refractivity contribution in [3.63, 3.8) is 0 Å². The van der Waals surface area contributed by atoms with Crippen LogP contribution in [0.2, 0.25) is 0 Å². The Morgan fingerprint density at radius 1 is 1.53 bits per heavy atom. The van der Waals surface area contributed by atoms with Crippen molar-refractivity contribution in [3.8, 4) is 6.07 Å². The zero-order valence-electron chi connectivity index (χ0n) is 8.80. The molecule has 0 aliphatic heterocycles. The van der Waals surface area contributed by atoms with E-state index in [4.69, 9.17) is 5.26 Å². The van der Waals surface area contributed by atoms with E-state index in [9.17, 15) is 9.18 Å². The highest BCUT2D eigenvalue weighted by Crippen LogP contribution is 2.11. The molecule has 0 amide bonds. The van der Waals surface area contributed by atoms with E-state index in [2.05, 4.69) is 4.98 Å². The molecule has 4 nitrogen and oxygen atoms in total. The second kappa shape index (κ2) is 4.58. The summed E-state index contributed by atoms with van der Waals surface area (Å²) in [6, 6.07) is 6.05. The third kappa shape index (κ3) is 2.21. The van der Waals surface area contributed by atoms with Crippen molar-refractivity contribution in [3.05, 3.63) is 53.4 Å². The number of halogens is 1. The fourth-order valence-corrected chi connectivity index (χ4v) is 1.53. The van der Waals surface area contributed by atoms with E-state index in [0.29, 0.717) is 18.7 Å². The third-order valence-electron chi connectivity index (χ3n) is 2.36. The van der Waals surface area contributed by atoms with Gasteiger partial charge >= 0.3 is 0 Å². The maximum atomic E-state index is 13.1. The Balaban J connectivity index is 2.31. The summed E-state index contributed by atoms with van der Waals surface area (Å²) in [6.45, 7) is 0.378. The summed E-state index contributed by atoms with van der Waals surface area (Å²) >= 11 is 0. The molecular weight excluding hydrogens is 221 g/mol. The van der Waals surface area contributed by atoms with Crippen molar-refractivity contribution in [2.24, 2.45) is 0 Å². The van der Waals surface area contributed by atoms with Crippen LogP contribution in [0.1, 0.15) is 21.7 Å². The van der Waals surface area contributed by atoms with Gasteiger partial charge in [-0.25, -0.2) is 9.37 Å². The Morgan fingerprint density at radius 2 is 2.35 bits per heavy atom. The third-order valence-corrected chi connectivity index (χ3v) is 2.36. The number of benzene rings is 1. The zero-order chi connectivity index (χ0) is 12.3. The lowest BCUT2D eigenvalue weighted by molar-refractivity contribution is 0.111. The number of hydrogen-bond donors (Lipinski definition) is 0. The molecule has 0 spiro atoms. The van der Waals surface area contributed by atoms with Crippen LogP contribution < -0.4 is 0 Å². The van der Waals surface area contributed by atoms with E-state index < -0.39 is 5.82 Å². The molecule has 1 heterocycles. The summed E-state index contributed by atoms with van der Waals surface area (Å²) in [5, 5.41) is 8.70. The molecule has 2 rings (SSSR count). The van der Waals surface area contributed by atoms with Gasteiger partial charge in [0.1, 0.15) is 11.9 Å². The van der Waals surface area contributed by atoms with E-state index in [-0.39, 0.29) is 5.56 Å². The van der Waals surface area contributed by atoms with Crippen molar-refractivity contribution >= 4 is 6.29 Å². The van der Waals surface area contributed by atoms with Crippen LogP contribution in [-0.2, 0) is 6.54 Å². The first-order valence-corrected chi connectivity index (χ1v) is 4.89. The molecule has 0 N–H and O–H groups in total. The minimum absolute atomic E-state index is 0.00438. The van der Waals surface area contributed by atoms with Gasteiger partial charge in [-0.15, -0.1) is 0 Å². The fraction of sp³-hybridized carbons (Fsp3) is 0.0833. The average molecular weight is 229 g/mol. The number of carbonyl (C=O) groups excluding carboxylic acids is 1. The van der Waals surface area contributed by atoms with Crippen LogP contribution in [0.25, 0.3) is 0 Å². The lowest BCUT2D eigenvalue weighted by atomic mass is 10.1. The molecule has 0 radical (unpaired) electrons. The molecule has 17 heavy (non-hydrogen) atoms. The maximum Gasteiger partial charge on any atom is 0.185 e. The lowest BCUT2D eigenvalue weighted by Gasteiger charge is -2.05. The largest absolute Gasteiger partial charge is 0.324 e. The van der Waals surface area contributed by atoms with Gasteiger partial charge in [0.25, 0.3) is 0 Å². The molecule has 0 aliphatic rings. The number of carbonyl (C=O) groups is 1. The van der Waals surface area contributed by atoms with Gasteiger partial charge in [0.15, 0.2) is 12.1 Å². The Bertz CT molecular complexity index is 598. The lowest BCUT2D eigenvalue weighted by Crippen LogP contribution is -2.03. The summed E-state index contributed by atoms with van der Waals surface area (Å²) in [6.07, 6.45) is 3.81. The first-order valence-electron chi connectivity index (χ1n) is 4.89. The van der Waals surface area contributed by atoms with Crippen molar-refractivity contribution < 1.29 is 9.18 Å². The van der Waals surface area contributed by atoms with Crippen LogP contribution in [0.4, 0.5) is 4.39 Å². The Kier molecular flexibility index (Phi) is 2.97. The van der Waals surface area contributed by atoms with Crippen molar-refractivity contribution in [1.29, 1.82) is 5.26 Å². The van der Waals surface area contributed by atoms with E-state index in [1.165, 1.54) is 18.3 Å². The summed E-state index contributed by atoms with van der Waals surface area (Å²) in [5.41, 5.74) is 0.735. The molecule has 0 fully saturated rings. The molecule has 0 aliphatic carbocycles. The molecule has 0 bridgehead atoms. The molecule has 1 aromatic heterocycles. The number of rotatable bonds is 3. The van der Waals surface area contributed by atoms with Gasteiger partial charge in [0, 0.05) is 18.9 Å². The van der Waals surface area contributed by atoms with Gasteiger partial charge in [-0.1, -0.05) is 6.07 Å². The predicted octanol–water partition coefficient (Wildman–Crippen LogP) is 1.75. The minimum atomic E-state index is -0.544. The molecule has 0 atom stereocenters. The fourth-order valence-electron chi connectivity index (χ4n) is 1.53. The molecule has 84 valence electrons. The molecule has 5 heteroatoms. The highest BCUT2D eigenvalue weighted by Gasteiger charge is 2.05. The monoisotopic (exact) mass is 229 g/mol. The molecule has 1 aromatic carbocycles. The molecule has 0 saturated heterocycles.